The number of nitrogens with two attached hydrogens (primary N) is 2. The van der Waals surface area contributed by atoms with E-state index in [0.717, 1.165) is 0 Å². The Hall–Kier alpha value is -5.64. The Bertz CT molecular complexity index is 1960. The third-order valence-corrected chi connectivity index (χ3v) is 8.43. The molecule has 0 atom stereocenters. The van der Waals surface area contributed by atoms with Crippen LogP contribution in [0.25, 0.3) is 44.1 Å². The molecule has 5 rings (SSSR count). The molecule has 0 aliphatic rings. The van der Waals surface area contributed by atoms with E-state index < -0.39 is 34.5 Å². The highest BCUT2D eigenvalue weighted by Crippen LogP contribution is 2.54. The molecule has 0 aliphatic heterocycles. The van der Waals surface area contributed by atoms with Gasteiger partial charge >= 0.3 is 0 Å². The fourth-order valence-corrected chi connectivity index (χ4v) is 5.99. The molecule has 0 spiro atoms. The van der Waals surface area contributed by atoms with Crippen LogP contribution in [0.3, 0.4) is 0 Å². The van der Waals surface area contributed by atoms with E-state index in [1.807, 2.05) is 4.90 Å². The number of hydrogen-bond acceptors (Lipinski definition) is 11. The van der Waals surface area contributed by atoms with Crippen molar-refractivity contribution in [2.24, 2.45) is 11.5 Å². The number of phenolic OH excluding ortho intramolecular Hbond substituents is 6. The average molecular weight is 676 g/mol. The molecule has 0 unspecified atom stereocenters. The van der Waals surface area contributed by atoms with Crippen LogP contribution >= 0.6 is 0 Å². The summed E-state index contributed by atoms with van der Waals surface area (Å²) in [6.07, 6.45) is 3.55. The minimum absolute atomic E-state index is 0.00776. The monoisotopic (exact) mass is 675 g/mol. The Balaban J connectivity index is 1.62. The van der Waals surface area contributed by atoms with Gasteiger partial charge in [-0.1, -0.05) is 0 Å². The highest BCUT2D eigenvalue weighted by Gasteiger charge is 2.28. The summed E-state index contributed by atoms with van der Waals surface area (Å²) in [5.41, 5.74) is 12.3. The summed E-state index contributed by atoms with van der Waals surface area (Å²) in [6.45, 7) is 1.97. The number of hydrogen-bond donors (Lipinski definition) is 12. The van der Waals surface area contributed by atoms with Crippen LogP contribution in [-0.2, 0) is 16.0 Å². The number of nitrogens with one attached hydrogen (secondary N) is 4. The van der Waals surface area contributed by atoms with Crippen molar-refractivity contribution >= 4 is 33.6 Å². The lowest BCUT2D eigenvalue weighted by Crippen LogP contribution is -2.37. The van der Waals surface area contributed by atoms with E-state index >= 15 is 0 Å². The second kappa shape index (κ2) is 15.1. The van der Waals surface area contributed by atoms with Gasteiger partial charge in [0.05, 0.1) is 11.1 Å². The minimum atomic E-state index is -0.649. The number of aromatic amines is 2. The predicted octanol–water partition coefficient (Wildman–Crippen LogP) is 1.99. The van der Waals surface area contributed by atoms with Crippen LogP contribution in [0.1, 0.15) is 18.4 Å². The maximum absolute atomic E-state index is 12.4. The summed E-state index contributed by atoms with van der Waals surface area (Å²) >= 11 is 0. The molecular weight excluding hydrogens is 634 g/mol. The first-order valence-electron chi connectivity index (χ1n) is 15.8. The van der Waals surface area contributed by atoms with Crippen molar-refractivity contribution in [1.29, 1.82) is 0 Å². The van der Waals surface area contributed by atoms with E-state index in [4.69, 9.17) is 11.5 Å². The zero-order chi connectivity index (χ0) is 35.2. The SMILES string of the molecule is NCCNC(=O)CCN(CCC(=O)NCCN)CCc1cc(-c2c(O)c(O)cc3[nH]ccc23)c(O)c(O)c1-c1c(O)c(O)cc2cc[nH]c12. The molecule has 0 fully saturated rings. The number of nitrogens with zero attached hydrogens (tertiary/aromatic N) is 1. The number of benzene rings is 3. The van der Waals surface area contributed by atoms with Gasteiger partial charge in [0.25, 0.3) is 0 Å². The van der Waals surface area contributed by atoms with Gasteiger partial charge in [-0.25, -0.2) is 0 Å². The number of carbonyl (C=O) groups excluding carboxylic acids is 2. The third-order valence-electron chi connectivity index (χ3n) is 8.43. The van der Waals surface area contributed by atoms with Gasteiger partial charge in [-0.2, -0.15) is 0 Å². The molecule has 0 saturated carbocycles. The van der Waals surface area contributed by atoms with Crippen molar-refractivity contribution in [1.82, 2.24) is 25.5 Å². The van der Waals surface area contributed by atoms with Crippen molar-refractivity contribution in [3.8, 4) is 56.8 Å². The Morgan fingerprint density at radius 3 is 1.96 bits per heavy atom. The van der Waals surface area contributed by atoms with E-state index in [9.17, 15) is 40.2 Å². The van der Waals surface area contributed by atoms with Crippen LogP contribution in [0, 0.1) is 0 Å². The van der Waals surface area contributed by atoms with Crippen molar-refractivity contribution in [3.05, 3.63) is 48.3 Å². The molecule has 3 aromatic carbocycles. The molecule has 260 valence electrons. The molecule has 0 aliphatic carbocycles. The second-order valence-electron chi connectivity index (χ2n) is 11.6. The van der Waals surface area contributed by atoms with E-state index in [-0.39, 0.29) is 86.1 Å². The van der Waals surface area contributed by atoms with Gasteiger partial charge in [0.15, 0.2) is 34.5 Å². The van der Waals surface area contributed by atoms with Crippen molar-refractivity contribution in [2.45, 2.75) is 19.3 Å². The Kier molecular flexibility index (Phi) is 10.7. The topological polar surface area (TPSA) is 266 Å². The quantitative estimate of drug-likeness (QED) is 0.0714. The molecule has 0 saturated heterocycles. The van der Waals surface area contributed by atoms with E-state index in [0.29, 0.717) is 40.5 Å². The van der Waals surface area contributed by atoms with E-state index in [2.05, 4.69) is 20.6 Å². The Morgan fingerprint density at radius 1 is 0.694 bits per heavy atom. The number of aromatic hydroxyl groups is 6. The van der Waals surface area contributed by atoms with Gasteiger partial charge < -0.3 is 67.6 Å². The molecule has 2 aromatic heterocycles. The molecule has 49 heavy (non-hydrogen) atoms. The number of phenols is 6. The maximum Gasteiger partial charge on any atom is 0.221 e. The first kappa shape index (κ1) is 34.7. The molecule has 2 heterocycles. The standard InChI is InChI=1S/C34H41N7O8/c35-6-10-38-25(44)4-13-41(14-5-26(45)39-11-7-36)12-3-18-15-21(28-20-2-9-37-22(20)17-24(43)32(28)47)31(46)34(49)27(18)29-30-19(1-8-40-30)16-23(42)33(29)48/h1-2,8-9,15-17,37,40,42-43,46-49H,3-7,10-14,35-36H2,(H,38,44)(H,39,45). The average Bonchev–Trinajstić information content (AvgIpc) is 3.75. The van der Waals surface area contributed by atoms with Gasteiger partial charge in [-0.3, -0.25) is 9.59 Å². The number of fused-ring (bicyclic) bond motifs is 2. The smallest absolute Gasteiger partial charge is 0.221 e. The molecule has 0 bridgehead atoms. The van der Waals surface area contributed by atoms with Crippen LogP contribution in [0.2, 0.25) is 0 Å². The summed E-state index contributed by atoms with van der Waals surface area (Å²) in [6, 6.07) is 7.53. The lowest BCUT2D eigenvalue weighted by molar-refractivity contribution is -0.121. The first-order valence-corrected chi connectivity index (χ1v) is 15.8. The van der Waals surface area contributed by atoms with Crippen LogP contribution in [0.5, 0.6) is 34.5 Å². The lowest BCUT2D eigenvalue weighted by atomic mass is 9.88. The molecule has 0 radical (unpaired) electrons. The van der Waals surface area contributed by atoms with Crippen LogP contribution in [0.15, 0.2) is 42.7 Å². The van der Waals surface area contributed by atoms with Crippen LogP contribution in [0.4, 0.5) is 0 Å². The van der Waals surface area contributed by atoms with Gasteiger partial charge in [-0.05, 0) is 36.2 Å². The van der Waals surface area contributed by atoms with Gasteiger partial charge in [0.2, 0.25) is 11.8 Å². The zero-order valence-electron chi connectivity index (χ0n) is 26.7. The number of amides is 2. The largest absolute Gasteiger partial charge is 0.504 e. The lowest BCUT2D eigenvalue weighted by Gasteiger charge is -2.24. The predicted molar refractivity (Wildman–Crippen MR) is 185 cm³/mol. The summed E-state index contributed by atoms with van der Waals surface area (Å²) in [4.78, 5) is 32.8. The van der Waals surface area contributed by atoms with Gasteiger partial charge in [-0.15, -0.1) is 0 Å². The molecular formula is C34H41N7O8. The second-order valence-corrected chi connectivity index (χ2v) is 11.6. The highest BCUT2D eigenvalue weighted by atomic mass is 16.3. The summed E-state index contributed by atoms with van der Waals surface area (Å²) in [5, 5.41) is 72.9. The first-order chi connectivity index (χ1) is 23.5. The van der Waals surface area contributed by atoms with Gasteiger partial charge in [0, 0.05) is 110 Å². The third kappa shape index (κ3) is 7.28. The number of rotatable bonds is 15. The molecule has 15 nitrogen and oxygen atoms in total. The van der Waals surface area contributed by atoms with E-state index in [1.165, 1.54) is 18.2 Å². The van der Waals surface area contributed by atoms with Crippen molar-refractivity contribution in [2.75, 3.05) is 45.8 Å². The van der Waals surface area contributed by atoms with Crippen LogP contribution in [-0.4, -0.2) is 103 Å². The summed E-state index contributed by atoms with van der Waals surface area (Å²) in [7, 11) is 0. The fraction of sp³-hybridized carbons (Fsp3) is 0.294. The zero-order valence-corrected chi connectivity index (χ0v) is 26.7. The fourth-order valence-electron chi connectivity index (χ4n) is 5.99. The van der Waals surface area contributed by atoms with Crippen molar-refractivity contribution in [3.63, 3.8) is 0 Å². The van der Waals surface area contributed by atoms with Crippen LogP contribution < -0.4 is 22.1 Å². The number of carbonyl (C=O) groups is 2. The highest BCUT2D eigenvalue weighted by molar-refractivity contribution is 6.06. The summed E-state index contributed by atoms with van der Waals surface area (Å²) < 4.78 is 0. The Labute approximate surface area is 280 Å². The van der Waals surface area contributed by atoms with Crippen molar-refractivity contribution < 1.29 is 40.2 Å². The molecule has 15 heteroatoms. The molecule has 5 aromatic rings. The summed E-state index contributed by atoms with van der Waals surface area (Å²) in [5.74, 6) is -3.72. The Morgan fingerprint density at radius 2 is 1.31 bits per heavy atom. The van der Waals surface area contributed by atoms with E-state index in [1.54, 1.807) is 24.5 Å². The van der Waals surface area contributed by atoms with Gasteiger partial charge in [0.1, 0.15) is 0 Å². The minimum Gasteiger partial charge on any atom is -0.504 e. The number of aromatic nitrogens is 2. The normalized spacial score (nSPS) is 11.5. The number of H-pyrrole nitrogens is 2. The maximum atomic E-state index is 12.4. The molecule has 2 amide bonds. The molecule has 14 N–H and O–H groups in total.